The number of fused-ring (bicyclic) bond motifs is 1. The number of nitrogens with zero attached hydrogens (tertiary/aromatic N) is 3. The van der Waals surface area contributed by atoms with E-state index in [1.807, 2.05) is 79.7 Å². The van der Waals surface area contributed by atoms with Crippen LogP contribution in [0.2, 0.25) is 0 Å². The van der Waals surface area contributed by atoms with Gasteiger partial charge >= 0.3 is 0 Å². The van der Waals surface area contributed by atoms with Crippen LogP contribution in [0.1, 0.15) is 17.1 Å². The molecule has 0 N–H and O–H groups in total. The van der Waals surface area contributed by atoms with Gasteiger partial charge in [0.1, 0.15) is 5.82 Å². The first-order chi connectivity index (χ1) is 13.1. The van der Waals surface area contributed by atoms with E-state index in [2.05, 4.69) is 20.9 Å². The number of aryl methyl sites for hydroxylation is 1. The van der Waals surface area contributed by atoms with Gasteiger partial charge in [0.15, 0.2) is 0 Å². The summed E-state index contributed by atoms with van der Waals surface area (Å²) in [6.07, 6.45) is 5.43. The zero-order valence-corrected chi connectivity index (χ0v) is 16.2. The van der Waals surface area contributed by atoms with Crippen LogP contribution < -0.4 is 5.56 Å². The summed E-state index contributed by atoms with van der Waals surface area (Å²) in [5.74, 6) is 0.565. The van der Waals surface area contributed by atoms with Crippen LogP contribution in [-0.2, 0) is 0 Å². The van der Waals surface area contributed by atoms with Crippen LogP contribution in [0.4, 0.5) is 0 Å². The highest BCUT2D eigenvalue weighted by Crippen LogP contribution is 2.20. The molecule has 0 fully saturated rings. The Bertz CT molecular complexity index is 1210. The highest BCUT2D eigenvalue weighted by atomic mass is 79.9. The topological polar surface area (TPSA) is 47.8 Å². The van der Waals surface area contributed by atoms with Crippen LogP contribution in [0, 0.1) is 6.92 Å². The van der Waals surface area contributed by atoms with E-state index in [1.54, 1.807) is 10.8 Å². The molecule has 0 unspecified atom stereocenters. The minimum atomic E-state index is -0.101. The van der Waals surface area contributed by atoms with Crippen molar-refractivity contribution in [2.75, 3.05) is 0 Å². The molecule has 4 aromatic rings. The molecule has 27 heavy (non-hydrogen) atoms. The molecule has 0 aliphatic carbocycles. The Labute approximate surface area is 165 Å². The summed E-state index contributed by atoms with van der Waals surface area (Å²) < 4.78 is 2.51. The third-order valence-corrected chi connectivity index (χ3v) is 4.80. The van der Waals surface area contributed by atoms with Crippen LogP contribution in [0.5, 0.6) is 0 Å². The van der Waals surface area contributed by atoms with Gasteiger partial charge in [-0.2, -0.15) is 0 Å². The molecule has 0 amide bonds. The predicted octanol–water partition coefficient (Wildman–Crippen LogP) is 5.02. The Hall–Kier alpha value is -3.05. The van der Waals surface area contributed by atoms with Gasteiger partial charge in [-0.3, -0.25) is 14.3 Å². The summed E-state index contributed by atoms with van der Waals surface area (Å²) >= 11 is 3.44. The Balaban J connectivity index is 2.00. The lowest BCUT2D eigenvalue weighted by atomic mass is 10.1. The Kier molecular flexibility index (Phi) is 4.69. The Morgan fingerprint density at radius 2 is 1.81 bits per heavy atom. The van der Waals surface area contributed by atoms with Crippen molar-refractivity contribution in [1.29, 1.82) is 0 Å². The van der Waals surface area contributed by atoms with Crippen molar-refractivity contribution in [3.05, 3.63) is 98.8 Å². The number of pyridine rings is 1. The molecule has 2 aromatic heterocycles. The van der Waals surface area contributed by atoms with Gasteiger partial charge in [-0.05, 0) is 61.0 Å². The lowest BCUT2D eigenvalue weighted by Gasteiger charge is -2.13. The largest absolute Gasteiger partial charge is 0.268 e. The molecule has 0 aliphatic heterocycles. The first kappa shape index (κ1) is 17.4. The molecule has 2 aromatic carbocycles. The quantitative estimate of drug-likeness (QED) is 0.469. The number of hydrogen-bond acceptors (Lipinski definition) is 3. The second-order valence-corrected chi connectivity index (χ2v) is 7.06. The number of aromatic nitrogens is 3. The maximum atomic E-state index is 13.3. The molecule has 0 bridgehead atoms. The van der Waals surface area contributed by atoms with E-state index >= 15 is 0 Å². The van der Waals surface area contributed by atoms with Gasteiger partial charge in [-0.1, -0.05) is 40.2 Å². The highest BCUT2D eigenvalue weighted by molar-refractivity contribution is 9.10. The molecule has 0 radical (unpaired) electrons. The van der Waals surface area contributed by atoms with E-state index in [4.69, 9.17) is 4.98 Å². The fourth-order valence-electron chi connectivity index (χ4n) is 2.97. The van der Waals surface area contributed by atoms with E-state index in [0.717, 1.165) is 21.4 Å². The molecular formula is C22H16BrN3O. The van der Waals surface area contributed by atoms with Crippen LogP contribution in [-0.4, -0.2) is 14.5 Å². The monoisotopic (exact) mass is 417 g/mol. The van der Waals surface area contributed by atoms with Crippen LogP contribution in [0.25, 0.3) is 28.7 Å². The molecule has 132 valence electrons. The number of hydrogen-bond donors (Lipinski definition) is 0. The molecule has 5 heteroatoms. The SMILES string of the molecule is Cc1ccccc1-n1c(/C=C/c2ccccn2)nc2ccc(Br)cc2c1=O. The molecule has 0 atom stereocenters. The van der Waals surface area contributed by atoms with Crippen molar-refractivity contribution in [2.24, 2.45) is 0 Å². The summed E-state index contributed by atoms with van der Waals surface area (Å²) in [6.45, 7) is 1.99. The molecule has 0 saturated heterocycles. The highest BCUT2D eigenvalue weighted by Gasteiger charge is 2.13. The van der Waals surface area contributed by atoms with Crippen LogP contribution in [0.3, 0.4) is 0 Å². The van der Waals surface area contributed by atoms with Crippen molar-refractivity contribution >= 4 is 39.0 Å². The lowest BCUT2D eigenvalue weighted by molar-refractivity contribution is 0.934. The number of halogens is 1. The second kappa shape index (κ2) is 7.29. The fourth-order valence-corrected chi connectivity index (χ4v) is 3.33. The van der Waals surface area contributed by atoms with Crippen LogP contribution in [0.15, 0.2) is 76.1 Å². The van der Waals surface area contributed by atoms with Crippen molar-refractivity contribution in [2.45, 2.75) is 6.92 Å². The number of rotatable bonds is 3. The predicted molar refractivity (Wildman–Crippen MR) is 113 cm³/mol. The summed E-state index contributed by atoms with van der Waals surface area (Å²) in [6, 6.07) is 19.0. The average Bonchev–Trinajstić information content (AvgIpc) is 2.69. The Morgan fingerprint density at radius 3 is 2.59 bits per heavy atom. The van der Waals surface area contributed by atoms with Gasteiger partial charge in [0.2, 0.25) is 0 Å². The molecule has 0 saturated carbocycles. The van der Waals surface area contributed by atoms with Crippen LogP contribution >= 0.6 is 15.9 Å². The molecular weight excluding hydrogens is 402 g/mol. The van der Waals surface area contributed by atoms with Crippen molar-refractivity contribution in [3.63, 3.8) is 0 Å². The van der Waals surface area contributed by atoms with Gasteiger partial charge < -0.3 is 0 Å². The summed E-state index contributed by atoms with van der Waals surface area (Å²) in [4.78, 5) is 22.4. The normalized spacial score (nSPS) is 11.3. The molecule has 0 spiro atoms. The van der Waals surface area contributed by atoms with Gasteiger partial charge in [0.05, 0.1) is 22.3 Å². The first-order valence-electron chi connectivity index (χ1n) is 8.51. The van der Waals surface area contributed by atoms with E-state index in [1.165, 1.54) is 0 Å². The third kappa shape index (κ3) is 3.46. The number of benzene rings is 2. The van der Waals surface area contributed by atoms with Gasteiger partial charge in [0.25, 0.3) is 5.56 Å². The van der Waals surface area contributed by atoms with Crippen molar-refractivity contribution in [1.82, 2.24) is 14.5 Å². The van der Waals surface area contributed by atoms with Gasteiger partial charge in [0, 0.05) is 10.7 Å². The maximum absolute atomic E-state index is 13.3. The first-order valence-corrected chi connectivity index (χ1v) is 9.30. The van der Waals surface area contributed by atoms with E-state index in [9.17, 15) is 4.79 Å². The maximum Gasteiger partial charge on any atom is 0.266 e. The van der Waals surface area contributed by atoms with E-state index < -0.39 is 0 Å². The minimum Gasteiger partial charge on any atom is -0.268 e. The smallest absolute Gasteiger partial charge is 0.266 e. The molecule has 4 rings (SSSR count). The summed E-state index contributed by atoms with van der Waals surface area (Å²) in [5, 5.41) is 0.572. The zero-order valence-electron chi connectivity index (χ0n) is 14.6. The molecule has 0 aliphatic rings. The van der Waals surface area contributed by atoms with E-state index in [0.29, 0.717) is 16.7 Å². The molecule has 4 nitrogen and oxygen atoms in total. The minimum absolute atomic E-state index is 0.101. The summed E-state index contributed by atoms with van der Waals surface area (Å²) in [5.41, 5.74) is 3.18. The second-order valence-electron chi connectivity index (χ2n) is 6.15. The fraction of sp³-hybridized carbons (Fsp3) is 0.0455. The summed E-state index contributed by atoms with van der Waals surface area (Å²) in [7, 11) is 0. The van der Waals surface area contributed by atoms with E-state index in [-0.39, 0.29) is 5.56 Å². The standard InChI is InChI=1S/C22H16BrN3O/c1-15-6-2-3-8-20(15)26-21(12-10-17-7-4-5-13-24-17)25-19-11-9-16(23)14-18(19)22(26)27/h2-14H,1H3/b12-10+. The van der Waals surface area contributed by atoms with Gasteiger partial charge in [-0.15, -0.1) is 0 Å². The molecule has 2 heterocycles. The average molecular weight is 418 g/mol. The van der Waals surface area contributed by atoms with Crippen molar-refractivity contribution < 1.29 is 0 Å². The van der Waals surface area contributed by atoms with Gasteiger partial charge in [-0.25, -0.2) is 4.98 Å². The zero-order chi connectivity index (χ0) is 18.8. The Morgan fingerprint density at radius 1 is 1.00 bits per heavy atom. The number of para-hydroxylation sites is 1. The third-order valence-electron chi connectivity index (χ3n) is 4.30. The van der Waals surface area contributed by atoms with Crippen molar-refractivity contribution in [3.8, 4) is 5.69 Å². The lowest BCUT2D eigenvalue weighted by Crippen LogP contribution is -2.23.